The van der Waals surface area contributed by atoms with Gasteiger partial charge in [0, 0.05) is 34.6 Å². The number of esters is 1. The predicted octanol–water partition coefficient (Wildman–Crippen LogP) is 5.17. The van der Waals surface area contributed by atoms with E-state index in [2.05, 4.69) is 9.97 Å². The number of hydrogen-bond acceptors (Lipinski definition) is 5. The first-order chi connectivity index (χ1) is 16.8. The van der Waals surface area contributed by atoms with E-state index in [0.717, 1.165) is 3.97 Å². The van der Waals surface area contributed by atoms with Gasteiger partial charge in [0.05, 0.1) is 23.3 Å². The number of aryl methyl sites for hydroxylation is 1. The Morgan fingerprint density at radius 1 is 1.03 bits per heavy atom. The van der Waals surface area contributed by atoms with E-state index in [9.17, 15) is 17.6 Å². The van der Waals surface area contributed by atoms with Crippen molar-refractivity contribution < 1.29 is 22.3 Å². The van der Waals surface area contributed by atoms with Gasteiger partial charge in [-0.1, -0.05) is 18.2 Å². The molecule has 35 heavy (non-hydrogen) atoms. The zero-order valence-corrected chi connectivity index (χ0v) is 19.6. The second-order valence-electron chi connectivity index (χ2n) is 7.95. The lowest BCUT2D eigenvalue weighted by Crippen LogP contribution is -2.12. The van der Waals surface area contributed by atoms with Crippen LogP contribution in [0.1, 0.15) is 15.9 Å². The summed E-state index contributed by atoms with van der Waals surface area (Å²) in [6.45, 7) is 1.75. The van der Waals surface area contributed by atoms with Crippen molar-refractivity contribution in [2.45, 2.75) is 11.8 Å². The van der Waals surface area contributed by atoms with E-state index >= 15 is 0 Å². The van der Waals surface area contributed by atoms with E-state index in [4.69, 9.17) is 4.74 Å². The van der Waals surface area contributed by atoms with Gasteiger partial charge in [-0.25, -0.2) is 26.6 Å². The molecule has 0 aliphatic rings. The highest BCUT2D eigenvalue weighted by molar-refractivity contribution is 7.90. The number of halogens is 1. The predicted molar refractivity (Wildman–Crippen MR) is 130 cm³/mol. The number of carbonyl (C=O) groups is 1. The minimum absolute atomic E-state index is 0.145. The maximum atomic E-state index is 13.7. The number of methoxy groups -OCH3 is 1. The van der Waals surface area contributed by atoms with Crippen molar-refractivity contribution in [1.82, 2.24) is 13.9 Å². The van der Waals surface area contributed by atoms with E-state index < -0.39 is 16.0 Å². The van der Waals surface area contributed by atoms with Crippen molar-refractivity contribution in [1.29, 1.82) is 0 Å². The molecule has 5 aromatic rings. The minimum Gasteiger partial charge on any atom is -0.465 e. The van der Waals surface area contributed by atoms with E-state index in [1.165, 1.54) is 43.8 Å². The largest absolute Gasteiger partial charge is 0.465 e. The number of nitrogens with one attached hydrogen (secondary N) is 1. The number of rotatable bonds is 5. The van der Waals surface area contributed by atoms with E-state index in [1.54, 1.807) is 49.4 Å². The van der Waals surface area contributed by atoms with Crippen LogP contribution in [0.2, 0.25) is 0 Å². The van der Waals surface area contributed by atoms with E-state index in [1.807, 2.05) is 0 Å². The molecule has 0 atom stereocenters. The van der Waals surface area contributed by atoms with Gasteiger partial charge in [-0.15, -0.1) is 0 Å². The first kappa shape index (κ1) is 22.5. The number of carbonyl (C=O) groups excluding carboxylic acids is 1. The Hall–Kier alpha value is -4.24. The fraction of sp³-hybridized carbons (Fsp3) is 0.0769. The van der Waals surface area contributed by atoms with Crippen LogP contribution in [-0.4, -0.2) is 35.4 Å². The second kappa shape index (κ2) is 8.52. The summed E-state index contributed by atoms with van der Waals surface area (Å²) in [7, 11) is -2.57. The quantitative estimate of drug-likeness (QED) is 0.344. The van der Waals surface area contributed by atoms with Gasteiger partial charge in [0.25, 0.3) is 10.0 Å². The fourth-order valence-corrected chi connectivity index (χ4v) is 5.46. The summed E-state index contributed by atoms with van der Waals surface area (Å²) in [5.41, 5.74) is 3.50. The molecule has 0 spiro atoms. The first-order valence-electron chi connectivity index (χ1n) is 10.7. The van der Waals surface area contributed by atoms with Crippen LogP contribution < -0.4 is 0 Å². The van der Waals surface area contributed by atoms with Crippen LogP contribution in [0.5, 0.6) is 0 Å². The third kappa shape index (κ3) is 3.79. The molecule has 0 radical (unpaired) electrons. The smallest absolute Gasteiger partial charge is 0.340 e. The molecule has 9 heteroatoms. The van der Waals surface area contributed by atoms with Crippen molar-refractivity contribution in [2.24, 2.45) is 0 Å². The number of fused-ring (bicyclic) bond motifs is 1. The third-order valence-electron chi connectivity index (χ3n) is 5.83. The normalized spacial score (nSPS) is 11.6. The molecule has 0 aliphatic carbocycles. The first-order valence-corrected chi connectivity index (χ1v) is 12.1. The van der Waals surface area contributed by atoms with Crippen molar-refractivity contribution in [3.63, 3.8) is 0 Å². The van der Waals surface area contributed by atoms with Crippen LogP contribution in [0, 0.1) is 12.7 Å². The van der Waals surface area contributed by atoms with Crippen molar-refractivity contribution >= 4 is 27.0 Å². The maximum Gasteiger partial charge on any atom is 0.340 e. The lowest BCUT2D eigenvalue weighted by atomic mass is 10.0. The molecule has 7 nitrogen and oxygen atoms in total. The van der Waals surface area contributed by atoms with Gasteiger partial charge >= 0.3 is 5.97 Å². The highest BCUT2D eigenvalue weighted by atomic mass is 32.2. The van der Waals surface area contributed by atoms with Crippen LogP contribution in [0.4, 0.5) is 4.39 Å². The molecule has 3 aromatic heterocycles. The topological polar surface area (TPSA) is 94.0 Å². The van der Waals surface area contributed by atoms with Crippen molar-refractivity contribution in [3.8, 4) is 22.5 Å². The van der Waals surface area contributed by atoms with Gasteiger partial charge in [-0.2, -0.15) is 0 Å². The molecule has 0 saturated heterocycles. The highest BCUT2D eigenvalue weighted by Crippen LogP contribution is 2.35. The summed E-state index contributed by atoms with van der Waals surface area (Å²) in [6.07, 6.45) is 2.97. The van der Waals surface area contributed by atoms with Crippen LogP contribution in [0.3, 0.4) is 0 Å². The SMILES string of the molecule is COC(=O)c1cc(-c2ccnc3c2ccn3S(=O)(=O)c2ccccc2)[nH]c1-c1ccc(F)cc1C. The summed E-state index contributed by atoms with van der Waals surface area (Å²) in [5.74, 6) is -0.935. The van der Waals surface area contributed by atoms with Gasteiger partial charge in [-0.3, -0.25) is 0 Å². The molecule has 1 N–H and O–H groups in total. The highest BCUT2D eigenvalue weighted by Gasteiger charge is 2.23. The average Bonchev–Trinajstić information content (AvgIpc) is 3.49. The lowest BCUT2D eigenvalue weighted by Gasteiger charge is -2.08. The summed E-state index contributed by atoms with van der Waals surface area (Å²) in [5, 5.41) is 0.576. The van der Waals surface area contributed by atoms with Crippen LogP contribution in [-0.2, 0) is 14.8 Å². The summed E-state index contributed by atoms with van der Waals surface area (Å²) in [6, 6.07) is 17.4. The van der Waals surface area contributed by atoms with Crippen LogP contribution in [0.25, 0.3) is 33.5 Å². The van der Waals surface area contributed by atoms with Gasteiger partial charge in [0.2, 0.25) is 0 Å². The molecule has 0 unspecified atom stereocenters. The standard InChI is InChI=1S/C26H20FN3O4S/c1-16-14-17(27)8-9-19(16)24-22(26(31)34-2)15-23(29-24)20-10-12-28-25-21(20)11-13-30(25)35(32,33)18-6-4-3-5-7-18/h3-15,29H,1-2H3. The third-order valence-corrected chi connectivity index (χ3v) is 7.51. The number of pyridine rings is 1. The number of benzene rings is 2. The Morgan fingerprint density at radius 3 is 2.51 bits per heavy atom. The number of aromatic nitrogens is 3. The number of hydrogen-bond donors (Lipinski definition) is 1. The second-order valence-corrected chi connectivity index (χ2v) is 9.76. The molecule has 176 valence electrons. The number of nitrogens with zero attached hydrogens (tertiary/aromatic N) is 2. The molecular formula is C26H20FN3O4S. The van der Waals surface area contributed by atoms with Gasteiger partial charge in [-0.05, 0) is 61.0 Å². The zero-order valence-electron chi connectivity index (χ0n) is 18.8. The van der Waals surface area contributed by atoms with Crippen molar-refractivity contribution in [3.05, 3.63) is 96.1 Å². The Bertz CT molecular complexity index is 1690. The molecule has 0 fully saturated rings. The number of aromatic amines is 1. The maximum absolute atomic E-state index is 13.7. The molecular weight excluding hydrogens is 469 g/mol. The average molecular weight is 490 g/mol. The zero-order chi connectivity index (χ0) is 24.7. The molecule has 3 heterocycles. The van der Waals surface area contributed by atoms with E-state index in [-0.39, 0.29) is 21.9 Å². The molecule has 0 bridgehead atoms. The Labute approximate surface area is 200 Å². The molecule has 0 saturated carbocycles. The van der Waals surface area contributed by atoms with Gasteiger partial charge in [0.15, 0.2) is 5.65 Å². The molecule has 0 aliphatic heterocycles. The fourth-order valence-electron chi connectivity index (χ4n) is 4.14. The summed E-state index contributed by atoms with van der Waals surface area (Å²) < 4.78 is 46.2. The van der Waals surface area contributed by atoms with Gasteiger partial charge in [0.1, 0.15) is 5.82 Å². The monoisotopic (exact) mass is 489 g/mol. The Kier molecular flexibility index (Phi) is 5.49. The summed E-state index contributed by atoms with van der Waals surface area (Å²) >= 11 is 0. The molecule has 0 amide bonds. The Balaban J connectivity index is 1.69. The van der Waals surface area contributed by atoms with Crippen LogP contribution >= 0.6 is 0 Å². The molecule has 2 aromatic carbocycles. The number of H-pyrrole nitrogens is 1. The Morgan fingerprint density at radius 2 is 1.80 bits per heavy atom. The van der Waals surface area contributed by atoms with E-state index in [0.29, 0.717) is 33.5 Å². The summed E-state index contributed by atoms with van der Waals surface area (Å²) in [4.78, 5) is 20.3. The van der Waals surface area contributed by atoms with Crippen molar-refractivity contribution in [2.75, 3.05) is 7.11 Å². The molecule has 5 rings (SSSR count). The van der Waals surface area contributed by atoms with Crippen LogP contribution in [0.15, 0.2) is 84.0 Å². The number of ether oxygens (including phenoxy) is 1. The minimum atomic E-state index is -3.86. The van der Waals surface area contributed by atoms with Gasteiger partial charge < -0.3 is 9.72 Å². The lowest BCUT2D eigenvalue weighted by molar-refractivity contribution is 0.0602.